The van der Waals surface area contributed by atoms with Crippen LogP contribution in [-0.4, -0.2) is 37.2 Å². The topological polar surface area (TPSA) is 78.9 Å². The molecular weight excluding hydrogens is 925 g/mol. The standard InChI is InChI=1S/C69H122O6/c1-4-7-10-13-16-19-22-25-26-27-28-29-30-31-32-33-34-35-36-37-38-39-40-41-42-45-47-50-53-56-59-62-68(71)74-65-66(75-69(72)63-60-57-54-51-48-44-24-21-18-15-12-9-6-3)64-73-67(70)61-58-55-52-49-46-43-23-20-17-14-11-8-5-2/h9,12,18,21-22,25,27-28,44,48,54,57,66H,4-8,10-11,13-17,19-20,23-24,26,29-43,45-47,49-53,55-56,58-65H2,1-3H3/b12-9-,21-18-,25-22-,28-27-,48-44-,57-54-. The highest BCUT2D eigenvalue weighted by molar-refractivity contribution is 5.71. The van der Waals surface area contributed by atoms with Crippen LogP contribution in [0.25, 0.3) is 0 Å². The highest BCUT2D eigenvalue weighted by atomic mass is 16.6. The minimum atomic E-state index is -0.810. The molecule has 0 aromatic carbocycles. The van der Waals surface area contributed by atoms with E-state index < -0.39 is 6.10 Å². The van der Waals surface area contributed by atoms with Crippen LogP contribution < -0.4 is 0 Å². The van der Waals surface area contributed by atoms with Crippen LogP contribution in [0.1, 0.15) is 329 Å². The average molecular weight is 1050 g/mol. The zero-order valence-electron chi connectivity index (χ0n) is 49.8. The Bertz CT molecular complexity index is 1390. The molecule has 0 heterocycles. The first kappa shape index (κ1) is 71.8. The summed E-state index contributed by atoms with van der Waals surface area (Å²) in [6.45, 7) is 6.48. The van der Waals surface area contributed by atoms with Gasteiger partial charge in [-0.15, -0.1) is 0 Å². The van der Waals surface area contributed by atoms with Gasteiger partial charge in [0.05, 0.1) is 0 Å². The third kappa shape index (κ3) is 61.6. The molecule has 0 saturated heterocycles. The molecule has 0 N–H and O–H groups in total. The maximum Gasteiger partial charge on any atom is 0.306 e. The summed E-state index contributed by atoms with van der Waals surface area (Å²) in [4.78, 5) is 38.1. The summed E-state index contributed by atoms with van der Waals surface area (Å²) in [7, 11) is 0. The molecule has 1 unspecified atom stereocenters. The van der Waals surface area contributed by atoms with Crippen LogP contribution in [0, 0.1) is 0 Å². The first-order valence-corrected chi connectivity index (χ1v) is 32.4. The lowest BCUT2D eigenvalue weighted by Crippen LogP contribution is -2.30. The summed E-state index contributed by atoms with van der Waals surface area (Å²) in [6.07, 6.45) is 82.4. The highest BCUT2D eigenvalue weighted by Gasteiger charge is 2.19. The predicted octanol–water partition coefficient (Wildman–Crippen LogP) is 22.1. The molecule has 0 aliphatic heterocycles. The van der Waals surface area contributed by atoms with E-state index in [1.807, 2.05) is 6.08 Å². The smallest absolute Gasteiger partial charge is 0.306 e. The first-order chi connectivity index (χ1) is 37.0. The number of unbranched alkanes of at least 4 members (excludes halogenated alkanes) is 36. The molecule has 0 bridgehead atoms. The summed E-state index contributed by atoms with van der Waals surface area (Å²) >= 11 is 0. The second-order valence-corrected chi connectivity index (χ2v) is 21.6. The molecule has 1 atom stereocenters. The summed E-state index contributed by atoms with van der Waals surface area (Å²) in [6, 6.07) is 0. The van der Waals surface area contributed by atoms with Crippen LogP contribution in [-0.2, 0) is 28.6 Å². The third-order valence-electron chi connectivity index (χ3n) is 14.2. The van der Waals surface area contributed by atoms with Crippen LogP contribution in [0.5, 0.6) is 0 Å². The second kappa shape index (κ2) is 63.4. The Hall–Kier alpha value is -3.15. The largest absolute Gasteiger partial charge is 0.462 e. The lowest BCUT2D eigenvalue weighted by atomic mass is 10.0. The molecule has 434 valence electrons. The Kier molecular flexibility index (Phi) is 60.7. The molecule has 0 aliphatic rings. The maximum absolute atomic E-state index is 12.8. The van der Waals surface area contributed by atoms with Crippen molar-refractivity contribution in [1.29, 1.82) is 0 Å². The van der Waals surface area contributed by atoms with E-state index in [9.17, 15) is 14.4 Å². The monoisotopic (exact) mass is 1050 g/mol. The van der Waals surface area contributed by atoms with Crippen LogP contribution in [0.2, 0.25) is 0 Å². The van der Waals surface area contributed by atoms with Crippen molar-refractivity contribution >= 4 is 17.9 Å². The number of ether oxygens (including phenoxy) is 3. The molecule has 0 aromatic rings. The Morgan fingerprint density at radius 2 is 0.547 bits per heavy atom. The molecule has 0 amide bonds. The van der Waals surface area contributed by atoms with E-state index in [0.717, 1.165) is 70.6 Å². The van der Waals surface area contributed by atoms with E-state index in [-0.39, 0.29) is 37.5 Å². The molecule has 0 fully saturated rings. The van der Waals surface area contributed by atoms with Gasteiger partial charge >= 0.3 is 17.9 Å². The minimum absolute atomic E-state index is 0.0997. The van der Waals surface area contributed by atoms with E-state index in [2.05, 4.69) is 87.6 Å². The number of esters is 3. The first-order valence-electron chi connectivity index (χ1n) is 32.4. The van der Waals surface area contributed by atoms with Crippen LogP contribution >= 0.6 is 0 Å². The molecule has 6 heteroatoms. The summed E-state index contributed by atoms with van der Waals surface area (Å²) in [5.41, 5.74) is 0. The van der Waals surface area contributed by atoms with Crippen molar-refractivity contribution in [2.45, 2.75) is 335 Å². The van der Waals surface area contributed by atoms with Gasteiger partial charge in [0.15, 0.2) is 6.10 Å². The van der Waals surface area contributed by atoms with Crippen molar-refractivity contribution in [2.24, 2.45) is 0 Å². The number of hydrogen-bond donors (Lipinski definition) is 0. The van der Waals surface area contributed by atoms with Gasteiger partial charge in [-0.1, -0.05) is 306 Å². The number of allylic oxidation sites excluding steroid dienone is 12. The van der Waals surface area contributed by atoms with Crippen molar-refractivity contribution in [2.75, 3.05) is 13.2 Å². The Morgan fingerprint density at radius 1 is 0.280 bits per heavy atom. The fraction of sp³-hybridized carbons (Fsp3) is 0.783. The number of carbonyl (C=O) groups is 3. The molecule has 0 rings (SSSR count). The van der Waals surface area contributed by atoms with Gasteiger partial charge < -0.3 is 14.2 Å². The maximum atomic E-state index is 12.8. The van der Waals surface area contributed by atoms with Gasteiger partial charge in [-0.05, 0) is 77.0 Å². The summed E-state index contributed by atoms with van der Waals surface area (Å²) < 4.78 is 16.8. The number of carbonyl (C=O) groups excluding carboxylic acids is 3. The highest BCUT2D eigenvalue weighted by Crippen LogP contribution is 2.17. The fourth-order valence-electron chi connectivity index (χ4n) is 9.37. The zero-order valence-corrected chi connectivity index (χ0v) is 49.8. The quantitative estimate of drug-likeness (QED) is 0.0261. The van der Waals surface area contributed by atoms with Gasteiger partial charge in [-0.2, -0.15) is 0 Å². The van der Waals surface area contributed by atoms with Gasteiger partial charge in [-0.3, -0.25) is 14.4 Å². The van der Waals surface area contributed by atoms with E-state index in [1.165, 1.54) is 212 Å². The lowest BCUT2D eigenvalue weighted by Gasteiger charge is -2.18. The molecule has 75 heavy (non-hydrogen) atoms. The van der Waals surface area contributed by atoms with E-state index in [0.29, 0.717) is 19.3 Å². The predicted molar refractivity (Wildman–Crippen MR) is 325 cm³/mol. The number of rotatable bonds is 59. The molecule has 0 radical (unpaired) electrons. The second-order valence-electron chi connectivity index (χ2n) is 21.6. The molecule has 0 aromatic heterocycles. The SMILES string of the molecule is CC/C=C\C/C=C\C/C=C\C/C=C\CCC(=O)OC(COC(=O)CCCCCCCCCCCCCCC)COC(=O)CCCCCCCCCCCCCCCCCCCCC/C=C\C/C=C\CCCCCCC. The minimum Gasteiger partial charge on any atom is -0.462 e. The van der Waals surface area contributed by atoms with Gasteiger partial charge in [0, 0.05) is 19.3 Å². The fourth-order valence-corrected chi connectivity index (χ4v) is 9.37. The van der Waals surface area contributed by atoms with E-state index in [4.69, 9.17) is 14.2 Å². The molecular formula is C69H122O6. The lowest BCUT2D eigenvalue weighted by molar-refractivity contribution is -0.166. The van der Waals surface area contributed by atoms with E-state index in [1.54, 1.807) is 0 Å². The van der Waals surface area contributed by atoms with Gasteiger partial charge in [0.2, 0.25) is 0 Å². The molecule has 0 aliphatic carbocycles. The summed E-state index contributed by atoms with van der Waals surface area (Å²) in [5.74, 6) is -0.967. The van der Waals surface area contributed by atoms with Gasteiger partial charge in [0.25, 0.3) is 0 Å². The van der Waals surface area contributed by atoms with Gasteiger partial charge in [-0.25, -0.2) is 0 Å². The van der Waals surface area contributed by atoms with E-state index >= 15 is 0 Å². The Balaban J connectivity index is 4.15. The third-order valence-corrected chi connectivity index (χ3v) is 14.2. The molecule has 0 saturated carbocycles. The Labute approximate surface area is 465 Å². The Morgan fingerprint density at radius 3 is 0.867 bits per heavy atom. The van der Waals surface area contributed by atoms with Crippen molar-refractivity contribution < 1.29 is 28.6 Å². The van der Waals surface area contributed by atoms with Crippen LogP contribution in [0.15, 0.2) is 72.9 Å². The summed E-state index contributed by atoms with van der Waals surface area (Å²) in [5, 5.41) is 0. The van der Waals surface area contributed by atoms with Crippen molar-refractivity contribution in [3.8, 4) is 0 Å². The van der Waals surface area contributed by atoms with Crippen molar-refractivity contribution in [1.82, 2.24) is 0 Å². The van der Waals surface area contributed by atoms with Crippen molar-refractivity contribution in [3.05, 3.63) is 72.9 Å². The number of hydrogen-bond acceptors (Lipinski definition) is 6. The van der Waals surface area contributed by atoms with Crippen LogP contribution in [0.3, 0.4) is 0 Å². The van der Waals surface area contributed by atoms with Crippen molar-refractivity contribution in [3.63, 3.8) is 0 Å². The zero-order chi connectivity index (χ0) is 54.3. The molecule has 6 nitrogen and oxygen atoms in total. The van der Waals surface area contributed by atoms with Crippen LogP contribution in [0.4, 0.5) is 0 Å². The molecule has 0 spiro atoms. The normalized spacial score (nSPS) is 12.5. The average Bonchev–Trinajstić information content (AvgIpc) is 3.41. The van der Waals surface area contributed by atoms with Gasteiger partial charge in [0.1, 0.15) is 13.2 Å².